The van der Waals surface area contributed by atoms with Crippen molar-refractivity contribution in [1.29, 1.82) is 0 Å². The van der Waals surface area contributed by atoms with Crippen LogP contribution in [0.25, 0.3) is 0 Å². The zero-order valence-electron chi connectivity index (χ0n) is 9.89. The van der Waals surface area contributed by atoms with Gasteiger partial charge in [-0.1, -0.05) is 0 Å². The molecule has 2 aliphatic heterocycles. The molecule has 0 spiro atoms. The molecule has 0 bridgehead atoms. The van der Waals surface area contributed by atoms with Crippen LogP contribution in [0.4, 0.5) is 0 Å². The van der Waals surface area contributed by atoms with Crippen molar-refractivity contribution >= 4 is 37.7 Å². The molecule has 2 atom stereocenters. The van der Waals surface area contributed by atoms with Gasteiger partial charge in [-0.2, -0.15) is 0 Å². The van der Waals surface area contributed by atoms with Crippen molar-refractivity contribution < 1.29 is 13.0 Å². The van der Waals surface area contributed by atoms with E-state index in [-0.39, 0.29) is 10.00 Å². The second kappa shape index (κ2) is 4.21. The molecule has 3 nitrogen and oxygen atoms in total. The first-order chi connectivity index (χ1) is 7.40. The summed E-state index contributed by atoms with van der Waals surface area (Å²) < 4.78 is 26.8. The number of hydrogen-bond donors (Lipinski definition) is 0. The zero-order chi connectivity index (χ0) is 12.0. The van der Waals surface area contributed by atoms with Gasteiger partial charge in [-0.25, -0.2) is 13.0 Å². The topological polar surface area (TPSA) is 37.1 Å². The van der Waals surface area contributed by atoms with Crippen LogP contribution in [0.5, 0.6) is 0 Å². The highest BCUT2D eigenvalue weighted by atomic mass is 32.2. The van der Waals surface area contributed by atoms with Gasteiger partial charge in [-0.15, -0.1) is 0 Å². The van der Waals surface area contributed by atoms with Gasteiger partial charge >= 0.3 is 0 Å². The largest absolute Gasteiger partial charge is 0.270 e. The molecular formula is C10H18NO2S3+. The summed E-state index contributed by atoms with van der Waals surface area (Å²) >= 11 is 3.54. The lowest BCUT2D eigenvalue weighted by Gasteiger charge is -2.16. The van der Waals surface area contributed by atoms with Crippen LogP contribution in [0.2, 0.25) is 0 Å². The van der Waals surface area contributed by atoms with Crippen molar-refractivity contribution in [2.45, 2.75) is 30.8 Å². The molecule has 2 saturated heterocycles. The van der Waals surface area contributed by atoms with Gasteiger partial charge in [0.2, 0.25) is 0 Å². The van der Waals surface area contributed by atoms with Crippen molar-refractivity contribution in [3.05, 3.63) is 0 Å². The van der Waals surface area contributed by atoms with E-state index < -0.39 is 9.84 Å². The highest BCUT2D eigenvalue weighted by Gasteiger charge is 2.56. The van der Waals surface area contributed by atoms with Crippen LogP contribution in [0, 0.1) is 0 Å². The standard InChI is InChI=1S/C10H18NO2S3/c1-4-11(5-2)9-14-8-6-16(12,13)7-10(8,3)15-9/h8H,4-7H2,1-3H3/q+1/t8-,10+/m1/s1. The fourth-order valence-corrected chi connectivity index (χ4v) is 9.50. The summed E-state index contributed by atoms with van der Waals surface area (Å²) in [7, 11) is -2.80. The second-order valence-corrected chi connectivity index (χ2v) is 9.60. The fraction of sp³-hybridized carbons (Fsp3) is 0.900. The SMILES string of the molecule is CC[N+](CC)=C1S[C@@H]2CS(=O)(=O)C[C@]2(C)S1. The van der Waals surface area contributed by atoms with E-state index in [2.05, 4.69) is 25.3 Å². The minimum atomic E-state index is -2.80. The molecule has 0 amide bonds. The van der Waals surface area contributed by atoms with Gasteiger partial charge in [0, 0.05) is 5.25 Å². The zero-order valence-corrected chi connectivity index (χ0v) is 12.3. The monoisotopic (exact) mass is 280 g/mol. The molecule has 2 rings (SSSR count). The number of fused-ring (bicyclic) bond motifs is 1. The lowest BCUT2D eigenvalue weighted by molar-refractivity contribution is -0.515. The molecule has 0 saturated carbocycles. The Morgan fingerprint density at radius 1 is 1.44 bits per heavy atom. The molecular weight excluding hydrogens is 262 g/mol. The molecule has 2 fully saturated rings. The van der Waals surface area contributed by atoms with Gasteiger partial charge in [-0.3, -0.25) is 0 Å². The van der Waals surface area contributed by atoms with Crippen LogP contribution < -0.4 is 0 Å². The maximum absolute atomic E-state index is 11.6. The predicted octanol–water partition coefficient (Wildman–Crippen LogP) is 1.43. The van der Waals surface area contributed by atoms with Crippen LogP contribution in [-0.2, 0) is 9.84 Å². The van der Waals surface area contributed by atoms with Gasteiger partial charge < -0.3 is 0 Å². The minimum absolute atomic E-state index is 0.0958. The highest BCUT2D eigenvalue weighted by molar-refractivity contribution is 8.42. The smallest absolute Gasteiger partial charge is 0.229 e. The minimum Gasteiger partial charge on any atom is -0.229 e. The summed E-state index contributed by atoms with van der Waals surface area (Å²) in [6.07, 6.45) is 0. The quantitative estimate of drug-likeness (QED) is 0.717. The van der Waals surface area contributed by atoms with Gasteiger partial charge in [0.15, 0.2) is 9.84 Å². The number of nitrogens with zero attached hydrogens (tertiary/aromatic N) is 1. The Balaban J connectivity index is 2.26. The molecule has 6 heteroatoms. The fourth-order valence-electron chi connectivity index (χ4n) is 2.22. The molecule has 0 aromatic rings. The van der Waals surface area contributed by atoms with Crippen LogP contribution in [-0.4, -0.2) is 52.0 Å². The normalized spacial score (nSPS) is 36.4. The van der Waals surface area contributed by atoms with Crippen LogP contribution >= 0.6 is 23.5 Å². The molecule has 0 aromatic carbocycles. The maximum Gasteiger partial charge on any atom is 0.270 e. The van der Waals surface area contributed by atoms with Gasteiger partial charge in [0.1, 0.15) is 13.1 Å². The number of thioether (sulfide) groups is 2. The summed E-state index contributed by atoms with van der Waals surface area (Å²) in [5, 5.41) is 0.248. The number of rotatable bonds is 2. The van der Waals surface area contributed by atoms with E-state index in [1.807, 2.05) is 0 Å². The van der Waals surface area contributed by atoms with E-state index in [0.717, 1.165) is 13.1 Å². The Hall–Kier alpha value is 0.320. The van der Waals surface area contributed by atoms with Crippen molar-refractivity contribution in [2.75, 3.05) is 24.6 Å². The molecule has 16 heavy (non-hydrogen) atoms. The first-order valence-corrected chi connectivity index (χ1v) is 9.10. The Kier molecular flexibility index (Phi) is 3.36. The lowest BCUT2D eigenvalue weighted by Crippen LogP contribution is -2.27. The number of hydrogen-bond acceptors (Lipinski definition) is 4. The van der Waals surface area contributed by atoms with Crippen LogP contribution in [0.15, 0.2) is 0 Å². The summed E-state index contributed by atoms with van der Waals surface area (Å²) in [6, 6.07) is 0. The van der Waals surface area contributed by atoms with E-state index in [0.29, 0.717) is 11.5 Å². The average molecular weight is 280 g/mol. The van der Waals surface area contributed by atoms with Crippen molar-refractivity contribution in [2.24, 2.45) is 0 Å². The molecule has 92 valence electrons. The Morgan fingerprint density at radius 2 is 2.06 bits per heavy atom. The molecule has 0 aromatic heterocycles. The summed E-state index contributed by atoms with van der Waals surface area (Å²) in [6.45, 7) is 8.38. The number of sulfone groups is 1. The predicted molar refractivity (Wildman–Crippen MR) is 72.4 cm³/mol. The Labute approximate surface area is 106 Å². The first kappa shape index (κ1) is 12.8. The van der Waals surface area contributed by atoms with Crippen molar-refractivity contribution in [3.8, 4) is 0 Å². The molecule has 2 aliphatic rings. The highest BCUT2D eigenvalue weighted by Crippen LogP contribution is 2.52. The second-order valence-electron chi connectivity index (χ2n) is 4.51. The summed E-state index contributed by atoms with van der Waals surface area (Å²) in [4.78, 5) is 0. The Bertz CT molecular complexity index is 423. The van der Waals surface area contributed by atoms with E-state index in [1.54, 1.807) is 23.5 Å². The van der Waals surface area contributed by atoms with Crippen LogP contribution in [0.3, 0.4) is 0 Å². The van der Waals surface area contributed by atoms with Gasteiger partial charge in [0.25, 0.3) is 4.38 Å². The molecule has 2 heterocycles. The Morgan fingerprint density at radius 3 is 2.56 bits per heavy atom. The third-order valence-corrected chi connectivity index (χ3v) is 8.90. The molecule has 0 aliphatic carbocycles. The third-order valence-electron chi connectivity index (χ3n) is 3.18. The van der Waals surface area contributed by atoms with E-state index in [4.69, 9.17) is 0 Å². The molecule has 0 unspecified atom stereocenters. The van der Waals surface area contributed by atoms with E-state index in [9.17, 15) is 8.42 Å². The average Bonchev–Trinajstić information content (AvgIpc) is 2.53. The van der Waals surface area contributed by atoms with E-state index >= 15 is 0 Å². The summed E-state index contributed by atoms with van der Waals surface area (Å²) in [5.41, 5.74) is 0. The first-order valence-electron chi connectivity index (χ1n) is 5.58. The van der Waals surface area contributed by atoms with Crippen molar-refractivity contribution in [1.82, 2.24) is 0 Å². The molecule has 0 radical (unpaired) electrons. The van der Waals surface area contributed by atoms with Gasteiger partial charge in [-0.05, 0) is 44.3 Å². The van der Waals surface area contributed by atoms with Gasteiger partial charge in [0.05, 0.1) is 16.3 Å². The maximum atomic E-state index is 11.6. The lowest BCUT2D eigenvalue weighted by atomic mass is 10.1. The van der Waals surface area contributed by atoms with Crippen molar-refractivity contribution in [3.63, 3.8) is 0 Å². The summed E-state index contributed by atoms with van der Waals surface area (Å²) in [5.74, 6) is 0.693. The molecule has 0 N–H and O–H groups in total. The van der Waals surface area contributed by atoms with Crippen LogP contribution in [0.1, 0.15) is 20.8 Å². The third kappa shape index (κ3) is 2.16. The van der Waals surface area contributed by atoms with E-state index in [1.165, 1.54) is 4.38 Å².